The third-order valence-electron chi connectivity index (χ3n) is 5.70. The summed E-state index contributed by atoms with van der Waals surface area (Å²) in [6.45, 7) is 3.89. The van der Waals surface area contributed by atoms with E-state index in [9.17, 15) is 13.2 Å². The molecule has 9 heteroatoms. The average molecular weight is 481 g/mol. The third-order valence-corrected chi connectivity index (χ3v) is 7.11. The Hall–Kier alpha value is -3.59. The molecule has 0 unspecified atom stereocenters. The Bertz CT molecular complexity index is 1250. The molecule has 178 valence electrons. The monoisotopic (exact) mass is 480 g/mol. The third kappa shape index (κ3) is 5.48. The van der Waals surface area contributed by atoms with Crippen molar-refractivity contribution in [3.63, 3.8) is 0 Å². The lowest BCUT2D eigenvalue weighted by Crippen LogP contribution is -2.30. The van der Waals surface area contributed by atoms with E-state index in [4.69, 9.17) is 4.74 Å². The van der Waals surface area contributed by atoms with Crippen LogP contribution in [-0.2, 0) is 10.0 Å². The van der Waals surface area contributed by atoms with Gasteiger partial charge < -0.3 is 15.0 Å². The maximum Gasteiger partial charge on any atom is 0.265 e. The predicted molar refractivity (Wildman–Crippen MR) is 133 cm³/mol. The predicted octanol–water partition coefficient (Wildman–Crippen LogP) is 4.44. The molecular formula is C25H28N4O4S. The van der Waals surface area contributed by atoms with E-state index in [2.05, 4.69) is 19.9 Å². The van der Waals surface area contributed by atoms with Gasteiger partial charge in [0, 0.05) is 24.3 Å². The fraction of sp³-hybridized carbons (Fsp3) is 0.280. The summed E-state index contributed by atoms with van der Waals surface area (Å²) in [5, 5.41) is 2.78. The summed E-state index contributed by atoms with van der Waals surface area (Å²) >= 11 is 0. The molecule has 0 bridgehead atoms. The van der Waals surface area contributed by atoms with Crippen LogP contribution in [0.1, 0.15) is 35.2 Å². The Morgan fingerprint density at radius 2 is 1.68 bits per heavy atom. The molecule has 1 saturated heterocycles. The lowest BCUT2D eigenvalue weighted by atomic mass is 10.1. The molecule has 3 aromatic rings. The second-order valence-electron chi connectivity index (χ2n) is 8.24. The van der Waals surface area contributed by atoms with Crippen molar-refractivity contribution in [2.45, 2.75) is 31.1 Å². The number of benzene rings is 2. The van der Waals surface area contributed by atoms with E-state index >= 15 is 0 Å². The lowest BCUT2D eigenvalue weighted by Gasteiger charge is -2.27. The molecule has 2 N–H and O–H groups in total. The number of sulfonamides is 1. The minimum Gasteiger partial charge on any atom is -0.495 e. The number of aryl methyl sites for hydroxylation is 1. The number of rotatable bonds is 7. The first-order valence-electron chi connectivity index (χ1n) is 11.2. The van der Waals surface area contributed by atoms with Gasteiger partial charge in [-0.3, -0.25) is 9.52 Å². The zero-order chi connectivity index (χ0) is 24.1. The zero-order valence-electron chi connectivity index (χ0n) is 19.2. The summed E-state index contributed by atoms with van der Waals surface area (Å²) in [6.07, 6.45) is 5.16. The fourth-order valence-electron chi connectivity index (χ4n) is 3.83. The van der Waals surface area contributed by atoms with Crippen molar-refractivity contribution in [2.24, 2.45) is 0 Å². The van der Waals surface area contributed by atoms with Gasteiger partial charge in [-0.15, -0.1) is 0 Å². The van der Waals surface area contributed by atoms with Gasteiger partial charge in [0.05, 0.1) is 19.0 Å². The molecule has 2 heterocycles. The van der Waals surface area contributed by atoms with Crippen molar-refractivity contribution in [2.75, 3.05) is 35.1 Å². The van der Waals surface area contributed by atoms with Crippen molar-refractivity contribution < 1.29 is 17.9 Å². The van der Waals surface area contributed by atoms with E-state index in [0.717, 1.165) is 37.3 Å². The average Bonchev–Trinajstić information content (AvgIpc) is 2.86. The maximum absolute atomic E-state index is 13.0. The molecule has 4 rings (SSSR count). The molecule has 0 radical (unpaired) electrons. The quantitative estimate of drug-likeness (QED) is 0.518. The van der Waals surface area contributed by atoms with Gasteiger partial charge in [-0.1, -0.05) is 17.7 Å². The summed E-state index contributed by atoms with van der Waals surface area (Å²) in [5.41, 5.74) is 2.15. The Morgan fingerprint density at radius 3 is 2.32 bits per heavy atom. The van der Waals surface area contributed by atoms with Crippen molar-refractivity contribution in [1.29, 1.82) is 0 Å². The minimum absolute atomic E-state index is 0.123. The number of carbonyl (C=O) groups excluding carboxylic acids is 1. The molecule has 0 aliphatic carbocycles. The van der Waals surface area contributed by atoms with Gasteiger partial charge in [-0.2, -0.15) is 0 Å². The number of amides is 1. The van der Waals surface area contributed by atoms with E-state index < -0.39 is 15.9 Å². The molecule has 34 heavy (non-hydrogen) atoms. The highest BCUT2D eigenvalue weighted by Gasteiger charge is 2.22. The highest BCUT2D eigenvalue weighted by molar-refractivity contribution is 7.92. The van der Waals surface area contributed by atoms with Crippen LogP contribution in [0.3, 0.4) is 0 Å². The normalized spacial score (nSPS) is 13.9. The van der Waals surface area contributed by atoms with Crippen LogP contribution >= 0.6 is 0 Å². The number of carbonyl (C=O) groups is 1. The van der Waals surface area contributed by atoms with Crippen LogP contribution in [0.15, 0.2) is 65.7 Å². The first-order valence-corrected chi connectivity index (χ1v) is 12.6. The van der Waals surface area contributed by atoms with Gasteiger partial charge in [0.2, 0.25) is 0 Å². The lowest BCUT2D eigenvalue weighted by molar-refractivity contribution is 0.102. The van der Waals surface area contributed by atoms with Crippen LogP contribution in [0, 0.1) is 6.92 Å². The SMILES string of the molecule is COc1ccc(C(=O)Nc2ccc(N3CCCCC3)nc2)cc1S(=O)(=O)Nc1ccc(C)cc1. The summed E-state index contributed by atoms with van der Waals surface area (Å²) in [6, 6.07) is 15.0. The number of nitrogens with zero attached hydrogens (tertiary/aromatic N) is 2. The topological polar surface area (TPSA) is 101 Å². The molecule has 1 aliphatic heterocycles. The number of piperidine rings is 1. The molecule has 0 spiro atoms. The highest BCUT2D eigenvalue weighted by atomic mass is 32.2. The molecule has 0 saturated carbocycles. The number of anilines is 3. The largest absolute Gasteiger partial charge is 0.495 e. The fourth-order valence-corrected chi connectivity index (χ4v) is 5.09. The smallest absolute Gasteiger partial charge is 0.265 e. The van der Waals surface area contributed by atoms with Gasteiger partial charge in [0.25, 0.3) is 15.9 Å². The van der Waals surface area contributed by atoms with E-state index in [0.29, 0.717) is 11.4 Å². The number of hydrogen-bond donors (Lipinski definition) is 2. The van der Waals surface area contributed by atoms with Crippen LogP contribution in [0.5, 0.6) is 5.75 Å². The summed E-state index contributed by atoms with van der Waals surface area (Å²) in [5.74, 6) is 0.586. The molecule has 8 nitrogen and oxygen atoms in total. The molecule has 2 aromatic carbocycles. The Labute approximate surface area is 200 Å². The molecule has 0 atom stereocenters. The Morgan fingerprint density at radius 1 is 0.971 bits per heavy atom. The number of hydrogen-bond acceptors (Lipinski definition) is 6. The maximum atomic E-state index is 13.0. The van der Waals surface area contributed by atoms with E-state index in [1.807, 2.05) is 25.1 Å². The standard InChI is InChI=1S/C25H28N4O4S/c1-18-6-9-20(10-7-18)28-34(31,32)23-16-19(8-12-22(23)33-2)25(30)27-21-11-13-24(26-17-21)29-14-4-3-5-15-29/h6-13,16-17,28H,3-5,14-15H2,1-2H3,(H,27,30). The van der Waals surface area contributed by atoms with Crippen molar-refractivity contribution in [3.8, 4) is 5.75 Å². The van der Waals surface area contributed by atoms with E-state index in [-0.39, 0.29) is 16.2 Å². The highest BCUT2D eigenvalue weighted by Crippen LogP contribution is 2.28. The molecular weight excluding hydrogens is 452 g/mol. The van der Waals surface area contributed by atoms with Crippen molar-refractivity contribution in [1.82, 2.24) is 4.98 Å². The molecule has 1 aliphatic rings. The second kappa shape index (κ2) is 10.1. The van der Waals surface area contributed by atoms with E-state index in [1.165, 1.54) is 31.7 Å². The second-order valence-corrected chi connectivity index (χ2v) is 9.89. The van der Waals surface area contributed by atoms with Gasteiger partial charge in [0.15, 0.2) is 0 Å². The number of methoxy groups -OCH3 is 1. The van der Waals surface area contributed by atoms with Crippen LogP contribution < -0.4 is 19.7 Å². The molecule has 1 fully saturated rings. The zero-order valence-corrected chi connectivity index (χ0v) is 20.1. The minimum atomic E-state index is -3.99. The molecule has 1 aromatic heterocycles. The van der Waals surface area contributed by atoms with Crippen LogP contribution in [0.25, 0.3) is 0 Å². The summed E-state index contributed by atoms with van der Waals surface area (Å²) < 4.78 is 33.9. The number of pyridine rings is 1. The van der Waals surface area contributed by atoms with Crippen molar-refractivity contribution in [3.05, 3.63) is 71.9 Å². The van der Waals surface area contributed by atoms with Crippen LogP contribution in [0.4, 0.5) is 17.2 Å². The van der Waals surface area contributed by atoms with Crippen LogP contribution in [0.2, 0.25) is 0 Å². The van der Waals surface area contributed by atoms with Crippen molar-refractivity contribution >= 4 is 33.1 Å². The number of ether oxygens (including phenoxy) is 1. The summed E-state index contributed by atoms with van der Waals surface area (Å²) in [4.78, 5) is 19.5. The van der Waals surface area contributed by atoms with Gasteiger partial charge in [-0.25, -0.2) is 13.4 Å². The summed E-state index contributed by atoms with van der Waals surface area (Å²) in [7, 11) is -2.60. The van der Waals surface area contributed by atoms with Gasteiger partial charge in [-0.05, 0) is 68.7 Å². The number of aromatic nitrogens is 1. The van der Waals surface area contributed by atoms with Gasteiger partial charge >= 0.3 is 0 Å². The van der Waals surface area contributed by atoms with Crippen LogP contribution in [-0.4, -0.2) is 39.5 Å². The molecule has 1 amide bonds. The number of nitrogens with one attached hydrogen (secondary N) is 2. The Balaban J connectivity index is 1.52. The Kier molecular flexibility index (Phi) is 7.02. The van der Waals surface area contributed by atoms with E-state index in [1.54, 1.807) is 24.4 Å². The van der Waals surface area contributed by atoms with Gasteiger partial charge in [0.1, 0.15) is 16.5 Å². The first kappa shape index (κ1) is 23.6. The first-order chi connectivity index (χ1) is 16.4.